The molecule has 4 rings (SSSR count). The Morgan fingerprint density at radius 1 is 1.42 bits per heavy atom. The summed E-state index contributed by atoms with van der Waals surface area (Å²) in [6.07, 6.45) is 7.41. The molecule has 26 heavy (non-hydrogen) atoms. The van der Waals surface area contributed by atoms with Crippen LogP contribution in [0.5, 0.6) is 0 Å². The first-order valence-electron chi connectivity index (χ1n) is 8.80. The number of aromatic nitrogens is 4. The number of nitrogens with one attached hydrogen (secondary N) is 1. The maximum absolute atomic E-state index is 12.4. The number of hydrogen-bond donors (Lipinski definition) is 1. The average molecular weight is 420 g/mol. The molecule has 7 nitrogen and oxygen atoms in total. The van der Waals surface area contributed by atoms with E-state index in [4.69, 9.17) is 9.72 Å². The first kappa shape index (κ1) is 17.3. The molecule has 1 aliphatic heterocycles. The highest BCUT2D eigenvalue weighted by molar-refractivity contribution is 9.10. The van der Waals surface area contributed by atoms with Gasteiger partial charge in [0.15, 0.2) is 11.3 Å². The molecule has 1 amide bonds. The molecule has 3 aromatic heterocycles. The Hall–Kier alpha value is -2.09. The van der Waals surface area contributed by atoms with E-state index >= 15 is 0 Å². The molecular weight excluding hydrogens is 398 g/mol. The number of nitrogens with zero attached hydrogens (tertiary/aromatic N) is 4. The predicted octanol–water partition coefficient (Wildman–Crippen LogP) is 4.09. The molecule has 1 fully saturated rings. The van der Waals surface area contributed by atoms with Crippen molar-refractivity contribution in [1.29, 1.82) is 0 Å². The molecule has 0 spiro atoms. The summed E-state index contributed by atoms with van der Waals surface area (Å²) in [5, 5.41) is 0. The Bertz CT molecular complexity index is 971. The van der Waals surface area contributed by atoms with E-state index < -0.39 is 5.60 Å². The van der Waals surface area contributed by atoms with Gasteiger partial charge in [-0.3, -0.25) is 4.40 Å². The van der Waals surface area contributed by atoms with Gasteiger partial charge in [-0.15, -0.1) is 0 Å². The number of aromatic amines is 1. The van der Waals surface area contributed by atoms with Crippen LogP contribution in [0.3, 0.4) is 0 Å². The van der Waals surface area contributed by atoms with Crippen LogP contribution in [0.25, 0.3) is 16.8 Å². The second-order valence-electron chi connectivity index (χ2n) is 7.75. The van der Waals surface area contributed by atoms with Gasteiger partial charge >= 0.3 is 6.09 Å². The lowest BCUT2D eigenvalue weighted by molar-refractivity contribution is 0.0197. The third kappa shape index (κ3) is 3.18. The second-order valence-corrected chi connectivity index (χ2v) is 8.61. The molecule has 1 unspecified atom stereocenters. The smallest absolute Gasteiger partial charge is 0.410 e. The number of H-pyrrole nitrogens is 1. The van der Waals surface area contributed by atoms with Gasteiger partial charge in [-0.05, 0) is 49.5 Å². The van der Waals surface area contributed by atoms with Crippen LogP contribution in [0, 0.1) is 0 Å². The molecule has 3 aromatic rings. The van der Waals surface area contributed by atoms with E-state index in [9.17, 15) is 4.79 Å². The zero-order valence-electron chi connectivity index (χ0n) is 15.1. The minimum atomic E-state index is -0.481. The lowest BCUT2D eigenvalue weighted by Crippen LogP contribution is -2.42. The molecule has 0 radical (unpaired) electrons. The van der Waals surface area contributed by atoms with Gasteiger partial charge in [-0.2, -0.15) is 0 Å². The van der Waals surface area contributed by atoms with Crippen molar-refractivity contribution in [2.24, 2.45) is 0 Å². The van der Waals surface area contributed by atoms with E-state index in [1.54, 1.807) is 11.1 Å². The first-order valence-corrected chi connectivity index (χ1v) is 9.59. The molecule has 0 aliphatic carbocycles. The van der Waals surface area contributed by atoms with Crippen molar-refractivity contribution in [2.75, 3.05) is 13.1 Å². The van der Waals surface area contributed by atoms with Gasteiger partial charge in [0, 0.05) is 31.4 Å². The summed E-state index contributed by atoms with van der Waals surface area (Å²) in [5.41, 5.74) is 3.10. The number of rotatable bonds is 1. The number of imidazole rings is 1. The van der Waals surface area contributed by atoms with Gasteiger partial charge < -0.3 is 14.6 Å². The summed E-state index contributed by atoms with van der Waals surface area (Å²) in [5.74, 6) is 0.198. The maximum atomic E-state index is 12.4. The molecule has 0 aromatic carbocycles. The van der Waals surface area contributed by atoms with E-state index in [1.807, 2.05) is 31.4 Å². The summed E-state index contributed by atoms with van der Waals surface area (Å²) in [7, 11) is 0. The maximum Gasteiger partial charge on any atom is 0.410 e. The fourth-order valence-corrected chi connectivity index (χ4v) is 3.92. The molecule has 1 aliphatic rings. The monoisotopic (exact) mass is 419 g/mol. The number of carbonyl (C=O) groups is 1. The Morgan fingerprint density at radius 3 is 3.00 bits per heavy atom. The number of likely N-dealkylation sites (tertiary alicyclic amines) is 1. The minimum Gasteiger partial charge on any atom is -0.444 e. The van der Waals surface area contributed by atoms with E-state index in [0.29, 0.717) is 6.54 Å². The van der Waals surface area contributed by atoms with Gasteiger partial charge in [0.05, 0.1) is 16.4 Å². The van der Waals surface area contributed by atoms with Gasteiger partial charge in [0.2, 0.25) is 0 Å². The molecule has 0 saturated carbocycles. The van der Waals surface area contributed by atoms with Crippen LogP contribution in [-0.2, 0) is 4.74 Å². The third-order valence-electron chi connectivity index (χ3n) is 4.58. The largest absolute Gasteiger partial charge is 0.444 e. The number of hydrogen-bond acceptors (Lipinski definition) is 4. The van der Waals surface area contributed by atoms with Crippen molar-refractivity contribution in [3.8, 4) is 0 Å². The Kier molecular flexibility index (Phi) is 4.17. The number of halogens is 1. The van der Waals surface area contributed by atoms with Gasteiger partial charge in [-0.25, -0.2) is 14.8 Å². The third-order valence-corrected chi connectivity index (χ3v) is 5.18. The number of carbonyl (C=O) groups excluding carboxylic acids is 1. The van der Waals surface area contributed by atoms with Crippen LogP contribution in [0.4, 0.5) is 4.79 Å². The summed E-state index contributed by atoms with van der Waals surface area (Å²) < 4.78 is 8.52. The molecule has 1 saturated heterocycles. The molecular formula is C18H22BrN5O2. The van der Waals surface area contributed by atoms with Gasteiger partial charge in [0.25, 0.3) is 0 Å². The van der Waals surface area contributed by atoms with Crippen LogP contribution in [0.2, 0.25) is 0 Å². The Balaban J connectivity index is 1.62. The quantitative estimate of drug-likeness (QED) is 0.644. The van der Waals surface area contributed by atoms with Gasteiger partial charge in [-0.1, -0.05) is 0 Å². The SMILES string of the molecule is CC(C)(C)OC(=O)N1CCCC(c2cn3c(cnc4[nH]cc(Br)c43)n2)C1. The Labute approximate surface area is 159 Å². The summed E-state index contributed by atoms with van der Waals surface area (Å²) >= 11 is 3.56. The van der Waals surface area contributed by atoms with Crippen LogP contribution in [-0.4, -0.2) is 49.0 Å². The van der Waals surface area contributed by atoms with Crippen LogP contribution in [0.1, 0.15) is 45.2 Å². The van der Waals surface area contributed by atoms with Crippen molar-refractivity contribution >= 4 is 38.8 Å². The Morgan fingerprint density at radius 2 is 2.23 bits per heavy atom. The molecule has 4 heterocycles. The molecule has 0 bridgehead atoms. The van der Waals surface area contributed by atoms with Crippen LogP contribution in [0.15, 0.2) is 23.1 Å². The molecule has 138 valence electrons. The number of fused-ring (bicyclic) bond motifs is 3. The highest BCUT2D eigenvalue weighted by Gasteiger charge is 2.29. The van der Waals surface area contributed by atoms with E-state index in [1.165, 1.54) is 0 Å². The zero-order valence-corrected chi connectivity index (χ0v) is 16.7. The van der Waals surface area contributed by atoms with Gasteiger partial charge in [0.1, 0.15) is 11.1 Å². The van der Waals surface area contributed by atoms with E-state index in [0.717, 1.165) is 46.4 Å². The van der Waals surface area contributed by atoms with Crippen LogP contribution >= 0.6 is 15.9 Å². The minimum absolute atomic E-state index is 0.198. The molecule has 1 atom stereocenters. The van der Waals surface area contributed by atoms with Crippen molar-refractivity contribution in [3.63, 3.8) is 0 Å². The highest BCUT2D eigenvalue weighted by Crippen LogP contribution is 2.30. The highest BCUT2D eigenvalue weighted by atomic mass is 79.9. The number of piperidine rings is 1. The topological polar surface area (TPSA) is 75.5 Å². The fourth-order valence-electron chi connectivity index (χ4n) is 3.42. The van der Waals surface area contributed by atoms with E-state index in [2.05, 4.69) is 32.1 Å². The average Bonchev–Trinajstić information content (AvgIpc) is 3.17. The predicted molar refractivity (Wildman–Crippen MR) is 102 cm³/mol. The number of ether oxygens (including phenoxy) is 1. The first-order chi connectivity index (χ1) is 12.3. The van der Waals surface area contributed by atoms with Crippen LogP contribution < -0.4 is 0 Å². The lowest BCUT2D eigenvalue weighted by Gasteiger charge is -2.33. The summed E-state index contributed by atoms with van der Waals surface area (Å²) in [6, 6.07) is 0. The fraction of sp³-hybridized carbons (Fsp3) is 0.500. The normalized spacial score (nSPS) is 18.6. The molecule has 8 heteroatoms. The summed E-state index contributed by atoms with van der Waals surface area (Å²) in [4.78, 5) is 26.5. The lowest BCUT2D eigenvalue weighted by atomic mass is 9.95. The van der Waals surface area contributed by atoms with Crippen molar-refractivity contribution in [1.82, 2.24) is 24.3 Å². The standard InChI is InChI=1S/C18H22BrN5O2/c1-18(2,3)26-17(25)23-6-4-5-11(9-23)13-10-24-14(22-13)8-21-16-15(24)12(19)7-20-16/h7-8,10-11,20H,4-6,9H2,1-3H3. The molecule has 1 N–H and O–H groups in total. The zero-order chi connectivity index (χ0) is 18.5. The number of amides is 1. The summed E-state index contributed by atoms with van der Waals surface area (Å²) in [6.45, 7) is 7.03. The van der Waals surface area contributed by atoms with E-state index in [-0.39, 0.29) is 12.0 Å². The van der Waals surface area contributed by atoms with Crippen molar-refractivity contribution in [2.45, 2.75) is 45.1 Å². The van der Waals surface area contributed by atoms with Crippen molar-refractivity contribution in [3.05, 3.63) is 28.8 Å². The van der Waals surface area contributed by atoms with Crippen molar-refractivity contribution < 1.29 is 9.53 Å². The second kappa shape index (κ2) is 6.26.